The first-order chi connectivity index (χ1) is 10.6. The number of methoxy groups -OCH3 is 1. The Morgan fingerprint density at radius 3 is 2.50 bits per heavy atom. The van der Waals surface area contributed by atoms with Crippen LogP contribution in [0.15, 0.2) is 24.3 Å². The van der Waals surface area contributed by atoms with Gasteiger partial charge in [0.1, 0.15) is 11.8 Å². The molecule has 1 aromatic carbocycles. The van der Waals surface area contributed by atoms with E-state index in [0.29, 0.717) is 24.5 Å². The highest BCUT2D eigenvalue weighted by atomic mass is 16.5. The summed E-state index contributed by atoms with van der Waals surface area (Å²) >= 11 is 0. The van der Waals surface area contributed by atoms with Gasteiger partial charge in [0.05, 0.1) is 13.5 Å². The number of hydrogen-bond acceptors (Lipinski definition) is 5. The van der Waals surface area contributed by atoms with E-state index < -0.39 is 12.0 Å². The second-order valence-electron chi connectivity index (χ2n) is 5.12. The molecule has 0 aliphatic carbocycles. The van der Waals surface area contributed by atoms with E-state index in [-0.39, 0.29) is 12.3 Å². The summed E-state index contributed by atoms with van der Waals surface area (Å²) in [5.74, 6) is -0.579. The molecule has 1 atom stereocenters. The molecule has 0 aromatic heterocycles. The number of anilines is 1. The molecule has 1 aliphatic rings. The van der Waals surface area contributed by atoms with Crippen molar-refractivity contribution in [3.8, 4) is 5.75 Å². The van der Waals surface area contributed by atoms with Gasteiger partial charge in [-0.3, -0.25) is 14.5 Å². The van der Waals surface area contributed by atoms with E-state index >= 15 is 0 Å². The van der Waals surface area contributed by atoms with Crippen molar-refractivity contribution in [1.82, 2.24) is 10.2 Å². The van der Waals surface area contributed by atoms with Crippen molar-refractivity contribution in [2.75, 3.05) is 38.6 Å². The zero-order valence-corrected chi connectivity index (χ0v) is 12.5. The van der Waals surface area contributed by atoms with Gasteiger partial charge in [-0.15, -0.1) is 0 Å². The largest absolute Gasteiger partial charge is 0.497 e. The molecule has 7 heteroatoms. The van der Waals surface area contributed by atoms with Gasteiger partial charge in [0.15, 0.2) is 0 Å². The first-order valence-electron chi connectivity index (χ1n) is 7.21. The summed E-state index contributed by atoms with van der Waals surface area (Å²) < 4.78 is 5.05. The summed E-state index contributed by atoms with van der Waals surface area (Å²) in [5.41, 5.74) is 0.621. The fourth-order valence-corrected chi connectivity index (χ4v) is 2.43. The lowest BCUT2D eigenvalue weighted by Crippen LogP contribution is -2.52. The fraction of sp³-hybridized carbons (Fsp3) is 0.467. The van der Waals surface area contributed by atoms with Crippen LogP contribution < -0.4 is 15.4 Å². The summed E-state index contributed by atoms with van der Waals surface area (Å²) in [4.78, 5) is 25.3. The van der Waals surface area contributed by atoms with Crippen molar-refractivity contribution in [3.63, 3.8) is 0 Å². The third-order valence-corrected chi connectivity index (χ3v) is 3.63. The van der Waals surface area contributed by atoms with Gasteiger partial charge in [0.25, 0.3) is 0 Å². The first kappa shape index (κ1) is 16.3. The van der Waals surface area contributed by atoms with Crippen molar-refractivity contribution in [2.24, 2.45) is 0 Å². The molecule has 22 heavy (non-hydrogen) atoms. The number of piperazine rings is 1. The lowest BCUT2D eigenvalue weighted by molar-refractivity contribution is -0.145. The van der Waals surface area contributed by atoms with Gasteiger partial charge in [0.2, 0.25) is 5.91 Å². The number of carboxylic acid groups (broad SMARTS) is 1. The van der Waals surface area contributed by atoms with E-state index in [1.807, 2.05) is 4.90 Å². The molecule has 1 aliphatic heterocycles. The van der Waals surface area contributed by atoms with Crippen LogP contribution in [-0.2, 0) is 9.59 Å². The van der Waals surface area contributed by atoms with Crippen LogP contribution in [0.3, 0.4) is 0 Å². The molecule has 3 N–H and O–H groups in total. The second-order valence-corrected chi connectivity index (χ2v) is 5.12. The van der Waals surface area contributed by atoms with Gasteiger partial charge >= 0.3 is 5.97 Å². The van der Waals surface area contributed by atoms with E-state index in [4.69, 9.17) is 4.74 Å². The Labute approximate surface area is 129 Å². The van der Waals surface area contributed by atoms with Crippen molar-refractivity contribution < 1.29 is 19.4 Å². The van der Waals surface area contributed by atoms with Gasteiger partial charge in [-0.05, 0) is 24.3 Å². The average molecular weight is 307 g/mol. The number of rotatable bonds is 6. The fourth-order valence-electron chi connectivity index (χ4n) is 2.43. The van der Waals surface area contributed by atoms with Crippen LogP contribution in [-0.4, -0.2) is 61.2 Å². The molecule has 1 amide bonds. The summed E-state index contributed by atoms with van der Waals surface area (Å²) in [7, 11) is 1.57. The lowest BCUT2D eigenvalue weighted by Gasteiger charge is -2.32. The molecule has 120 valence electrons. The number of nitrogens with zero attached hydrogens (tertiary/aromatic N) is 1. The number of ether oxygens (including phenoxy) is 1. The SMILES string of the molecule is COc1ccc(NC(=O)CC(C(=O)O)N2CCNCC2)cc1. The molecule has 2 rings (SSSR count). The standard InChI is InChI=1S/C15H21N3O4/c1-22-12-4-2-11(3-5-12)17-14(19)10-13(15(20)21)18-8-6-16-7-9-18/h2-5,13,16H,6-10H2,1H3,(H,17,19)(H,20,21). The monoisotopic (exact) mass is 307 g/mol. The van der Waals surface area contributed by atoms with Crippen LogP contribution in [0, 0.1) is 0 Å². The molecule has 7 nitrogen and oxygen atoms in total. The number of carbonyl (C=O) groups is 2. The minimum absolute atomic E-state index is 0.0681. The van der Waals surface area contributed by atoms with Gasteiger partial charge < -0.3 is 20.5 Å². The molecular weight excluding hydrogens is 286 g/mol. The normalized spacial score (nSPS) is 16.8. The Morgan fingerprint density at radius 2 is 1.95 bits per heavy atom. The topological polar surface area (TPSA) is 90.9 Å². The number of aliphatic carboxylic acids is 1. The van der Waals surface area contributed by atoms with Crippen LogP contribution in [0.2, 0.25) is 0 Å². The number of benzene rings is 1. The zero-order chi connectivity index (χ0) is 15.9. The molecule has 1 aromatic rings. The van der Waals surface area contributed by atoms with Crippen molar-refractivity contribution in [2.45, 2.75) is 12.5 Å². The Balaban J connectivity index is 1.93. The Bertz CT molecular complexity index is 512. The lowest BCUT2D eigenvalue weighted by atomic mass is 10.1. The van der Waals surface area contributed by atoms with Crippen LogP contribution >= 0.6 is 0 Å². The van der Waals surface area contributed by atoms with Crippen molar-refractivity contribution in [1.29, 1.82) is 0 Å². The summed E-state index contributed by atoms with van der Waals surface area (Å²) in [6, 6.07) is 6.12. The summed E-state index contributed by atoms with van der Waals surface area (Å²) in [5, 5.41) is 15.2. The molecular formula is C15H21N3O4. The number of carboxylic acids is 1. The zero-order valence-electron chi connectivity index (χ0n) is 12.5. The van der Waals surface area contributed by atoms with E-state index in [2.05, 4.69) is 10.6 Å². The highest BCUT2D eigenvalue weighted by Gasteiger charge is 2.28. The van der Waals surface area contributed by atoms with E-state index in [1.54, 1.807) is 31.4 Å². The first-order valence-corrected chi connectivity index (χ1v) is 7.21. The maximum absolute atomic E-state index is 12.1. The van der Waals surface area contributed by atoms with Crippen LogP contribution in [0.1, 0.15) is 6.42 Å². The Hall–Kier alpha value is -2.12. The van der Waals surface area contributed by atoms with E-state index in [0.717, 1.165) is 13.1 Å². The molecule has 0 saturated carbocycles. The molecule has 0 radical (unpaired) electrons. The maximum Gasteiger partial charge on any atom is 0.321 e. The molecule has 1 heterocycles. The number of amides is 1. The maximum atomic E-state index is 12.1. The quantitative estimate of drug-likeness (QED) is 0.704. The number of nitrogens with one attached hydrogen (secondary N) is 2. The summed E-state index contributed by atoms with van der Waals surface area (Å²) in [6.45, 7) is 2.74. The van der Waals surface area contributed by atoms with Crippen molar-refractivity contribution in [3.05, 3.63) is 24.3 Å². The molecule has 1 saturated heterocycles. The van der Waals surface area contributed by atoms with Crippen LogP contribution in [0.5, 0.6) is 5.75 Å². The van der Waals surface area contributed by atoms with Crippen molar-refractivity contribution >= 4 is 17.6 Å². The predicted molar refractivity (Wildman–Crippen MR) is 82.1 cm³/mol. The summed E-state index contributed by atoms with van der Waals surface area (Å²) in [6.07, 6.45) is -0.0681. The van der Waals surface area contributed by atoms with E-state index in [9.17, 15) is 14.7 Å². The average Bonchev–Trinajstić information content (AvgIpc) is 2.54. The minimum Gasteiger partial charge on any atom is -0.497 e. The molecule has 0 spiro atoms. The smallest absolute Gasteiger partial charge is 0.321 e. The van der Waals surface area contributed by atoms with Gasteiger partial charge in [-0.25, -0.2) is 0 Å². The second kappa shape index (κ2) is 7.77. The molecule has 1 unspecified atom stereocenters. The van der Waals surface area contributed by atoms with Gasteiger partial charge in [-0.1, -0.05) is 0 Å². The van der Waals surface area contributed by atoms with Gasteiger partial charge in [0, 0.05) is 31.9 Å². The highest BCUT2D eigenvalue weighted by molar-refractivity contribution is 5.94. The van der Waals surface area contributed by atoms with E-state index in [1.165, 1.54) is 0 Å². The third-order valence-electron chi connectivity index (χ3n) is 3.63. The Morgan fingerprint density at radius 1 is 1.32 bits per heavy atom. The number of hydrogen-bond donors (Lipinski definition) is 3. The predicted octanol–water partition coefficient (Wildman–Crippen LogP) is 0.382. The number of carbonyl (C=O) groups excluding carboxylic acids is 1. The molecule has 0 bridgehead atoms. The van der Waals surface area contributed by atoms with Gasteiger partial charge in [-0.2, -0.15) is 0 Å². The van der Waals surface area contributed by atoms with Crippen LogP contribution in [0.25, 0.3) is 0 Å². The highest BCUT2D eigenvalue weighted by Crippen LogP contribution is 2.16. The van der Waals surface area contributed by atoms with Crippen LogP contribution in [0.4, 0.5) is 5.69 Å². The Kier molecular flexibility index (Phi) is 5.74. The molecule has 1 fully saturated rings. The minimum atomic E-state index is -0.966. The third kappa shape index (κ3) is 4.44.